The molecule has 0 radical (unpaired) electrons. The van der Waals surface area contributed by atoms with Gasteiger partial charge in [0.25, 0.3) is 0 Å². The maximum Gasteiger partial charge on any atom is 0.0571 e. The molecule has 2 nitrogen and oxygen atoms in total. The van der Waals surface area contributed by atoms with Crippen LogP contribution in [0.3, 0.4) is 0 Å². The van der Waals surface area contributed by atoms with E-state index in [1.807, 2.05) is 12.1 Å². The average molecular weight is 234 g/mol. The van der Waals surface area contributed by atoms with Crippen LogP contribution in [0.4, 0.5) is 0 Å². The smallest absolute Gasteiger partial charge is 0.0571 e. The molecular weight excluding hydrogens is 212 g/mol. The molecule has 0 aliphatic heterocycles. The third-order valence-electron chi connectivity index (χ3n) is 3.79. The predicted molar refractivity (Wildman–Crippen MR) is 68.8 cm³/mol. The number of benzene rings is 1. The number of fused-ring (bicyclic) bond motifs is 1. The Balaban J connectivity index is 0.000000134. The summed E-state index contributed by atoms with van der Waals surface area (Å²) in [5.74, 6) is 1.68. The van der Waals surface area contributed by atoms with Gasteiger partial charge in [-0.3, -0.25) is 0 Å². The molecular formula is C15H22O2. The van der Waals surface area contributed by atoms with Crippen LogP contribution < -0.4 is 0 Å². The van der Waals surface area contributed by atoms with Crippen molar-refractivity contribution in [2.75, 3.05) is 6.61 Å². The molecule has 0 spiro atoms. The molecule has 17 heavy (non-hydrogen) atoms. The minimum atomic E-state index is 0.0880. The lowest BCUT2D eigenvalue weighted by atomic mass is 10.1. The van der Waals surface area contributed by atoms with E-state index in [0.717, 1.165) is 24.7 Å². The van der Waals surface area contributed by atoms with Gasteiger partial charge in [-0.15, -0.1) is 0 Å². The molecule has 1 aromatic carbocycles. The van der Waals surface area contributed by atoms with E-state index in [-0.39, 0.29) is 12.7 Å². The van der Waals surface area contributed by atoms with Crippen molar-refractivity contribution < 1.29 is 10.2 Å². The van der Waals surface area contributed by atoms with E-state index in [1.54, 1.807) is 0 Å². The summed E-state index contributed by atoms with van der Waals surface area (Å²) in [6.07, 6.45) is 4.55. The molecule has 0 saturated heterocycles. The molecule has 0 bridgehead atoms. The molecule has 0 amide bonds. The molecule has 0 heterocycles. The number of aliphatic hydroxyl groups excluding tert-OH is 2. The Labute approximate surface area is 103 Å². The lowest BCUT2D eigenvalue weighted by Crippen LogP contribution is -2.02. The van der Waals surface area contributed by atoms with Crippen LogP contribution in [0.5, 0.6) is 0 Å². The highest BCUT2D eigenvalue weighted by molar-refractivity contribution is 5.22. The van der Waals surface area contributed by atoms with E-state index in [9.17, 15) is 0 Å². The average Bonchev–Trinajstić information content (AvgIpc) is 3.00. The summed E-state index contributed by atoms with van der Waals surface area (Å²) in [5.41, 5.74) is 2.47. The van der Waals surface area contributed by atoms with Crippen molar-refractivity contribution in [3.63, 3.8) is 0 Å². The zero-order valence-corrected chi connectivity index (χ0v) is 10.5. The Morgan fingerprint density at radius 1 is 1.29 bits per heavy atom. The van der Waals surface area contributed by atoms with Gasteiger partial charge in [-0.05, 0) is 50.0 Å². The standard InChI is InChI=1S/C9H12O.C6H10O/c1-8-3-2-4-9(7-8)5-6-10;7-6-2-1-4-3-5(4)6/h2-4,7,10H,5-6H2,1H3;4-7H,1-3H2. The second-order valence-corrected chi connectivity index (χ2v) is 5.27. The highest BCUT2D eigenvalue weighted by atomic mass is 16.3. The Morgan fingerprint density at radius 3 is 2.53 bits per heavy atom. The van der Waals surface area contributed by atoms with E-state index in [0.29, 0.717) is 0 Å². The van der Waals surface area contributed by atoms with Gasteiger partial charge in [-0.2, -0.15) is 0 Å². The molecule has 3 rings (SSSR count). The van der Waals surface area contributed by atoms with E-state index in [1.165, 1.54) is 24.0 Å². The van der Waals surface area contributed by atoms with Crippen LogP contribution in [0, 0.1) is 18.8 Å². The summed E-state index contributed by atoms with van der Waals surface area (Å²) in [5, 5.41) is 17.6. The van der Waals surface area contributed by atoms with Gasteiger partial charge in [-0.25, -0.2) is 0 Å². The molecule has 2 aliphatic rings. The number of aryl methyl sites for hydroxylation is 1. The molecule has 2 heteroatoms. The van der Waals surface area contributed by atoms with E-state index in [4.69, 9.17) is 10.2 Å². The zero-order valence-electron chi connectivity index (χ0n) is 10.5. The summed E-state index contributed by atoms with van der Waals surface area (Å²) in [4.78, 5) is 0. The Bertz CT molecular complexity index is 362. The third kappa shape index (κ3) is 3.55. The van der Waals surface area contributed by atoms with Crippen molar-refractivity contribution in [2.45, 2.75) is 38.7 Å². The van der Waals surface area contributed by atoms with Gasteiger partial charge in [0.15, 0.2) is 0 Å². The third-order valence-corrected chi connectivity index (χ3v) is 3.79. The number of hydrogen-bond donors (Lipinski definition) is 2. The largest absolute Gasteiger partial charge is 0.396 e. The fraction of sp³-hybridized carbons (Fsp3) is 0.600. The van der Waals surface area contributed by atoms with Crippen LogP contribution >= 0.6 is 0 Å². The molecule has 2 N–H and O–H groups in total. The minimum absolute atomic E-state index is 0.0880. The van der Waals surface area contributed by atoms with Crippen molar-refractivity contribution in [2.24, 2.45) is 11.8 Å². The Kier molecular flexibility index (Phi) is 4.19. The monoisotopic (exact) mass is 234 g/mol. The second kappa shape index (κ2) is 5.65. The second-order valence-electron chi connectivity index (χ2n) is 5.27. The van der Waals surface area contributed by atoms with Crippen LogP contribution in [0.1, 0.15) is 30.4 Å². The van der Waals surface area contributed by atoms with E-state index < -0.39 is 0 Å². The predicted octanol–water partition coefficient (Wildman–Crippen LogP) is 2.31. The van der Waals surface area contributed by atoms with Crippen LogP contribution in [-0.4, -0.2) is 22.9 Å². The lowest BCUT2D eigenvalue weighted by Gasteiger charge is -1.97. The zero-order chi connectivity index (χ0) is 12.3. The molecule has 2 fully saturated rings. The fourth-order valence-electron chi connectivity index (χ4n) is 2.67. The molecule has 3 unspecified atom stereocenters. The van der Waals surface area contributed by atoms with Crippen LogP contribution in [0.25, 0.3) is 0 Å². The van der Waals surface area contributed by atoms with Crippen LogP contribution in [0.15, 0.2) is 24.3 Å². The van der Waals surface area contributed by atoms with Gasteiger partial charge >= 0.3 is 0 Å². The Hall–Kier alpha value is -0.860. The van der Waals surface area contributed by atoms with Crippen molar-refractivity contribution >= 4 is 0 Å². The van der Waals surface area contributed by atoms with Crippen LogP contribution in [-0.2, 0) is 6.42 Å². The lowest BCUT2D eigenvalue weighted by molar-refractivity contribution is 0.159. The van der Waals surface area contributed by atoms with Gasteiger partial charge in [-0.1, -0.05) is 29.8 Å². The summed E-state index contributed by atoms with van der Waals surface area (Å²) in [6, 6.07) is 8.20. The van der Waals surface area contributed by atoms with Gasteiger partial charge in [0.1, 0.15) is 0 Å². The quantitative estimate of drug-likeness (QED) is 0.824. The van der Waals surface area contributed by atoms with E-state index in [2.05, 4.69) is 19.1 Å². The molecule has 3 atom stereocenters. The number of rotatable bonds is 2. The molecule has 0 aromatic heterocycles. The van der Waals surface area contributed by atoms with Gasteiger partial charge in [0, 0.05) is 6.61 Å². The van der Waals surface area contributed by atoms with Crippen molar-refractivity contribution in [1.82, 2.24) is 0 Å². The molecule has 2 saturated carbocycles. The van der Waals surface area contributed by atoms with Crippen molar-refractivity contribution in [3.05, 3.63) is 35.4 Å². The summed E-state index contributed by atoms with van der Waals surface area (Å²) in [7, 11) is 0. The normalized spacial score (nSPS) is 29.2. The first-order valence-electron chi connectivity index (χ1n) is 6.55. The van der Waals surface area contributed by atoms with Crippen molar-refractivity contribution in [3.8, 4) is 0 Å². The molecule has 1 aromatic rings. The maximum absolute atomic E-state index is 9.04. The first kappa shape index (κ1) is 12.6. The topological polar surface area (TPSA) is 40.5 Å². The highest BCUT2D eigenvalue weighted by Crippen LogP contribution is 2.51. The summed E-state index contributed by atoms with van der Waals surface area (Å²) < 4.78 is 0. The Morgan fingerprint density at radius 2 is 2.12 bits per heavy atom. The first-order chi connectivity index (χ1) is 8.20. The SMILES string of the molecule is Cc1cccc(CCO)c1.OC1CCC2CC12. The minimum Gasteiger partial charge on any atom is -0.396 e. The summed E-state index contributed by atoms with van der Waals surface area (Å²) in [6.45, 7) is 2.30. The maximum atomic E-state index is 9.04. The van der Waals surface area contributed by atoms with Crippen molar-refractivity contribution in [1.29, 1.82) is 0 Å². The first-order valence-corrected chi connectivity index (χ1v) is 6.55. The fourth-order valence-corrected chi connectivity index (χ4v) is 2.67. The summed E-state index contributed by atoms with van der Waals surface area (Å²) >= 11 is 0. The molecule has 2 aliphatic carbocycles. The van der Waals surface area contributed by atoms with Gasteiger partial charge in [0.2, 0.25) is 0 Å². The number of hydrogen-bond acceptors (Lipinski definition) is 2. The van der Waals surface area contributed by atoms with Gasteiger partial charge in [0.05, 0.1) is 6.10 Å². The number of aliphatic hydroxyl groups is 2. The highest BCUT2D eigenvalue weighted by Gasteiger charge is 2.47. The molecule has 94 valence electrons. The van der Waals surface area contributed by atoms with E-state index >= 15 is 0 Å². The van der Waals surface area contributed by atoms with Gasteiger partial charge < -0.3 is 10.2 Å². The van der Waals surface area contributed by atoms with Crippen LogP contribution in [0.2, 0.25) is 0 Å².